The van der Waals surface area contributed by atoms with Crippen molar-refractivity contribution in [2.75, 3.05) is 0 Å². The Kier molecular flexibility index (Phi) is 5.49. The molecule has 82 valence electrons. The van der Waals surface area contributed by atoms with Crippen LogP contribution in [0.5, 0.6) is 0 Å². The van der Waals surface area contributed by atoms with Gasteiger partial charge in [-0.1, -0.05) is 66.8 Å². The molecule has 1 nitrogen and oxygen atoms in total. The Labute approximate surface area is 97.3 Å². The molecule has 0 saturated carbocycles. The van der Waals surface area contributed by atoms with E-state index in [-0.39, 0.29) is 0 Å². The fraction of sp³-hybridized carbons (Fsp3) is 0.0667. The van der Waals surface area contributed by atoms with Gasteiger partial charge in [0.25, 0.3) is 0 Å². The lowest BCUT2D eigenvalue weighted by Gasteiger charge is -1.98. The van der Waals surface area contributed by atoms with E-state index >= 15 is 0 Å². The van der Waals surface area contributed by atoms with Crippen molar-refractivity contribution in [2.24, 2.45) is 5.73 Å². The van der Waals surface area contributed by atoms with Gasteiger partial charge < -0.3 is 5.73 Å². The molecule has 0 spiro atoms. The molecule has 0 heterocycles. The molecular weight excluding hydrogens is 194 g/mol. The Morgan fingerprint density at radius 2 is 1.56 bits per heavy atom. The van der Waals surface area contributed by atoms with Gasteiger partial charge in [0.1, 0.15) is 0 Å². The van der Waals surface area contributed by atoms with Crippen molar-refractivity contribution in [3.8, 4) is 0 Å². The lowest BCUT2D eigenvalue weighted by atomic mass is 10.1. The fourth-order valence-corrected chi connectivity index (χ4v) is 1.19. The second kappa shape index (κ2) is 7.30. The van der Waals surface area contributed by atoms with Crippen LogP contribution < -0.4 is 5.73 Å². The molecule has 0 bridgehead atoms. The maximum atomic E-state index is 5.91. The standard InChI is InChI=1S/C15H17N/c1-2-3-4-5-6-10-13-15(16)14-11-8-7-9-12-14/h2-13H,16H2,1H3/b3-2+,5-4-,10-6-,15-13-. The van der Waals surface area contributed by atoms with E-state index in [1.165, 1.54) is 0 Å². The van der Waals surface area contributed by atoms with Gasteiger partial charge in [0.2, 0.25) is 0 Å². The van der Waals surface area contributed by atoms with E-state index in [4.69, 9.17) is 5.73 Å². The summed E-state index contributed by atoms with van der Waals surface area (Å²) in [4.78, 5) is 0. The third-order valence-corrected chi connectivity index (χ3v) is 2.02. The van der Waals surface area contributed by atoms with Crippen LogP contribution in [-0.4, -0.2) is 0 Å². The normalized spacial score (nSPS) is 13.2. The van der Waals surface area contributed by atoms with Crippen LogP contribution in [0.4, 0.5) is 0 Å². The number of benzene rings is 1. The molecule has 1 rings (SSSR count). The third kappa shape index (κ3) is 4.47. The van der Waals surface area contributed by atoms with Crippen LogP contribution in [0.1, 0.15) is 12.5 Å². The van der Waals surface area contributed by atoms with Crippen molar-refractivity contribution in [3.63, 3.8) is 0 Å². The minimum Gasteiger partial charge on any atom is -0.398 e. The Bertz CT molecular complexity index is 408. The highest BCUT2D eigenvalue weighted by molar-refractivity contribution is 5.63. The summed E-state index contributed by atoms with van der Waals surface area (Å²) in [6, 6.07) is 9.93. The van der Waals surface area contributed by atoms with Gasteiger partial charge >= 0.3 is 0 Å². The summed E-state index contributed by atoms with van der Waals surface area (Å²) in [6.07, 6.45) is 13.7. The predicted octanol–water partition coefficient (Wildman–Crippen LogP) is 3.67. The topological polar surface area (TPSA) is 26.0 Å². The lowest BCUT2D eigenvalue weighted by molar-refractivity contribution is 1.52. The molecule has 0 amide bonds. The molecule has 0 saturated heterocycles. The Hall–Kier alpha value is -2.02. The van der Waals surface area contributed by atoms with Gasteiger partial charge in [0, 0.05) is 5.70 Å². The van der Waals surface area contributed by atoms with Gasteiger partial charge in [-0.15, -0.1) is 0 Å². The summed E-state index contributed by atoms with van der Waals surface area (Å²) < 4.78 is 0. The summed E-state index contributed by atoms with van der Waals surface area (Å²) in [6.45, 7) is 1.99. The second-order valence-corrected chi connectivity index (χ2v) is 3.28. The van der Waals surface area contributed by atoms with Crippen LogP contribution in [0, 0.1) is 0 Å². The Balaban J connectivity index is 2.58. The molecule has 1 heteroatoms. The molecular formula is C15H17N. The zero-order valence-corrected chi connectivity index (χ0v) is 9.51. The van der Waals surface area contributed by atoms with E-state index in [1.54, 1.807) is 0 Å². The molecule has 0 aliphatic rings. The number of allylic oxidation sites excluding steroid dienone is 7. The highest BCUT2D eigenvalue weighted by atomic mass is 14.6. The van der Waals surface area contributed by atoms with Crippen molar-refractivity contribution in [2.45, 2.75) is 6.92 Å². The molecule has 16 heavy (non-hydrogen) atoms. The Morgan fingerprint density at radius 3 is 2.25 bits per heavy atom. The summed E-state index contributed by atoms with van der Waals surface area (Å²) in [7, 11) is 0. The number of hydrogen-bond donors (Lipinski definition) is 1. The molecule has 0 unspecified atom stereocenters. The molecule has 0 radical (unpaired) electrons. The summed E-state index contributed by atoms with van der Waals surface area (Å²) in [5.41, 5.74) is 7.73. The first-order valence-corrected chi connectivity index (χ1v) is 5.32. The molecule has 2 N–H and O–H groups in total. The zero-order valence-electron chi connectivity index (χ0n) is 9.51. The van der Waals surface area contributed by atoms with Gasteiger partial charge in [-0.05, 0) is 18.6 Å². The van der Waals surface area contributed by atoms with Crippen molar-refractivity contribution < 1.29 is 0 Å². The molecule has 0 atom stereocenters. The van der Waals surface area contributed by atoms with E-state index in [9.17, 15) is 0 Å². The minimum atomic E-state index is 0.774. The third-order valence-electron chi connectivity index (χ3n) is 2.02. The van der Waals surface area contributed by atoms with Crippen LogP contribution in [0.3, 0.4) is 0 Å². The first kappa shape index (κ1) is 12.1. The van der Waals surface area contributed by atoms with Crippen molar-refractivity contribution in [3.05, 3.63) is 78.4 Å². The first-order chi connectivity index (χ1) is 7.84. The quantitative estimate of drug-likeness (QED) is 0.755. The highest BCUT2D eigenvalue weighted by Gasteiger charge is 1.90. The first-order valence-electron chi connectivity index (χ1n) is 5.32. The lowest BCUT2D eigenvalue weighted by Crippen LogP contribution is -1.94. The SMILES string of the molecule is C/C=C/C=C\C=C/C=C(\N)c1ccccc1. The largest absolute Gasteiger partial charge is 0.398 e. The van der Waals surface area contributed by atoms with Crippen molar-refractivity contribution >= 4 is 5.70 Å². The van der Waals surface area contributed by atoms with Crippen LogP contribution in [-0.2, 0) is 0 Å². The Morgan fingerprint density at radius 1 is 0.938 bits per heavy atom. The molecule has 0 aromatic heterocycles. The molecule has 0 fully saturated rings. The average molecular weight is 211 g/mol. The van der Waals surface area contributed by atoms with E-state index in [0.717, 1.165) is 11.3 Å². The van der Waals surface area contributed by atoms with E-state index in [2.05, 4.69) is 0 Å². The summed E-state index contributed by atoms with van der Waals surface area (Å²) in [5, 5.41) is 0. The molecule has 1 aromatic carbocycles. The van der Waals surface area contributed by atoms with Gasteiger partial charge in [-0.2, -0.15) is 0 Å². The van der Waals surface area contributed by atoms with Crippen LogP contribution in [0.2, 0.25) is 0 Å². The van der Waals surface area contributed by atoms with E-state index in [1.807, 2.05) is 79.8 Å². The number of nitrogens with two attached hydrogens (primary N) is 1. The summed E-state index contributed by atoms with van der Waals surface area (Å²) in [5.74, 6) is 0. The highest BCUT2D eigenvalue weighted by Crippen LogP contribution is 2.07. The zero-order chi connectivity index (χ0) is 11.6. The van der Waals surface area contributed by atoms with Crippen molar-refractivity contribution in [1.82, 2.24) is 0 Å². The predicted molar refractivity (Wildman–Crippen MR) is 71.7 cm³/mol. The van der Waals surface area contributed by atoms with E-state index in [0.29, 0.717) is 0 Å². The average Bonchev–Trinajstić information content (AvgIpc) is 2.34. The van der Waals surface area contributed by atoms with Gasteiger partial charge in [0.05, 0.1) is 0 Å². The smallest absolute Gasteiger partial charge is 0.0387 e. The molecule has 0 aliphatic heterocycles. The maximum absolute atomic E-state index is 5.91. The monoisotopic (exact) mass is 211 g/mol. The number of hydrogen-bond acceptors (Lipinski definition) is 1. The maximum Gasteiger partial charge on any atom is 0.0387 e. The molecule has 0 aliphatic carbocycles. The summed E-state index contributed by atoms with van der Waals surface area (Å²) >= 11 is 0. The van der Waals surface area contributed by atoms with Crippen molar-refractivity contribution in [1.29, 1.82) is 0 Å². The van der Waals surface area contributed by atoms with E-state index < -0.39 is 0 Å². The molecule has 1 aromatic rings. The van der Waals surface area contributed by atoms with Crippen LogP contribution in [0.15, 0.2) is 72.9 Å². The van der Waals surface area contributed by atoms with Crippen LogP contribution in [0.25, 0.3) is 5.70 Å². The number of rotatable bonds is 4. The second-order valence-electron chi connectivity index (χ2n) is 3.28. The van der Waals surface area contributed by atoms with Gasteiger partial charge in [0.15, 0.2) is 0 Å². The minimum absolute atomic E-state index is 0.774. The van der Waals surface area contributed by atoms with Crippen LogP contribution >= 0.6 is 0 Å². The van der Waals surface area contributed by atoms with Gasteiger partial charge in [-0.3, -0.25) is 0 Å². The van der Waals surface area contributed by atoms with Gasteiger partial charge in [-0.25, -0.2) is 0 Å². The fourth-order valence-electron chi connectivity index (χ4n) is 1.19.